The van der Waals surface area contributed by atoms with Crippen LogP contribution in [0.25, 0.3) is 0 Å². The Labute approximate surface area is 129 Å². The van der Waals surface area contributed by atoms with E-state index < -0.39 is 0 Å². The highest BCUT2D eigenvalue weighted by Gasteiger charge is 2.46. The van der Waals surface area contributed by atoms with Crippen LogP contribution in [0, 0.1) is 11.8 Å². The maximum absolute atomic E-state index is 12.6. The molecule has 2 fully saturated rings. The zero-order valence-electron chi connectivity index (χ0n) is 12.9. The molecular weight excluding hydrogens is 280 g/mol. The van der Waals surface area contributed by atoms with Crippen LogP contribution in [-0.2, 0) is 25.4 Å². The first kappa shape index (κ1) is 13.5. The predicted octanol–water partition coefficient (Wildman–Crippen LogP) is 0.248. The van der Waals surface area contributed by atoms with Crippen molar-refractivity contribution in [3.8, 4) is 0 Å². The number of aryl methyl sites for hydroxylation is 2. The van der Waals surface area contributed by atoms with Crippen LogP contribution in [0.5, 0.6) is 0 Å². The van der Waals surface area contributed by atoms with E-state index in [1.54, 1.807) is 10.9 Å². The number of carbonyl (C=O) groups is 1. The number of nitrogens with zero attached hydrogens (tertiary/aromatic N) is 6. The summed E-state index contributed by atoms with van der Waals surface area (Å²) in [6, 6.07) is 0. The van der Waals surface area contributed by atoms with Gasteiger partial charge in [0.05, 0.1) is 24.0 Å². The molecule has 0 radical (unpaired) electrons. The van der Waals surface area contributed by atoms with Gasteiger partial charge in [-0.05, 0) is 0 Å². The molecule has 2 aromatic heterocycles. The van der Waals surface area contributed by atoms with Crippen molar-refractivity contribution in [1.82, 2.24) is 24.5 Å². The first-order chi connectivity index (χ1) is 10.6. The van der Waals surface area contributed by atoms with Crippen LogP contribution in [0.2, 0.25) is 0 Å². The summed E-state index contributed by atoms with van der Waals surface area (Å²) in [7, 11) is 3.80. The monoisotopic (exact) mass is 300 g/mol. The Morgan fingerprint density at radius 1 is 1.09 bits per heavy atom. The van der Waals surface area contributed by atoms with E-state index in [-0.39, 0.29) is 11.8 Å². The lowest BCUT2D eigenvalue weighted by Crippen LogP contribution is -2.32. The molecular formula is C15H20N6O. The summed E-state index contributed by atoms with van der Waals surface area (Å²) < 4.78 is 3.56. The Kier molecular flexibility index (Phi) is 3.04. The van der Waals surface area contributed by atoms with E-state index in [9.17, 15) is 4.79 Å². The molecule has 2 saturated heterocycles. The molecule has 0 bridgehead atoms. The smallest absolute Gasteiger partial charge is 0.231 e. The molecule has 22 heavy (non-hydrogen) atoms. The number of anilines is 1. The number of carbonyl (C=O) groups excluding carboxylic acids is 1. The van der Waals surface area contributed by atoms with Gasteiger partial charge >= 0.3 is 0 Å². The van der Waals surface area contributed by atoms with E-state index in [4.69, 9.17) is 0 Å². The number of likely N-dealkylation sites (tertiary alicyclic amines) is 1. The Morgan fingerprint density at radius 3 is 2.50 bits per heavy atom. The van der Waals surface area contributed by atoms with Crippen LogP contribution < -0.4 is 4.90 Å². The van der Waals surface area contributed by atoms with Gasteiger partial charge < -0.3 is 4.90 Å². The van der Waals surface area contributed by atoms with Crippen LogP contribution >= 0.6 is 0 Å². The Bertz CT molecular complexity index is 704. The number of hydrogen-bond donors (Lipinski definition) is 0. The van der Waals surface area contributed by atoms with Crippen molar-refractivity contribution in [2.75, 3.05) is 24.5 Å². The van der Waals surface area contributed by atoms with E-state index in [1.807, 2.05) is 42.3 Å². The quantitative estimate of drug-likeness (QED) is 0.815. The molecule has 0 unspecified atom stereocenters. The molecule has 7 nitrogen and oxygen atoms in total. The number of rotatable bonds is 3. The summed E-state index contributed by atoms with van der Waals surface area (Å²) in [4.78, 5) is 16.9. The highest BCUT2D eigenvalue weighted by atomic mass is 16.2. The molecule has 2 aliphatic heterocycles. The summed E-state index contributed by atoms with van der Waals surface area (Å²) in [5.74, 6) is 0.785. The third-order valence-electron chi connectivity index (χ3n) is 4.68. The van der Waals surface area contributed by atoms with E-state index in [0.717, 1.165) is 31.9 Å². The van der Waals surface area contributed by atoms with E-state index in [1.165, 1.54) is 5.56 Å². The molecule has 0 N–H and O–H groups in total. The van der Waals surface area contributed by atoms with Crippen LogP contribution in [-0.4, -0.2) is 50.0 Å². The third kappa shape index (κ3) is 2.21. The third-order valence-corrected chi connectivity index (χ3v) is 4.68. The first-order valence-electron chi connectivity index (χ1n) is 7.60. The number of aromatic nitrogens is 4. The fraction of sp³-hybridized carbons (Fsp3) is 0.533. The largest absolute Gasteiger partial charge is 0.309 e. The second-order valence-electron chi connectivity index (χ2n) is 6.40. The topological polar surface area (TPSA) is 59.2 Å². The molecule has 1 amide bonds. The van der Waals surface area contributed by atoms with E-state index >= 15 is 0 Å². The maximum atomic E-state index is 12.6. The lowest BCUT2D eigenvalue weighted by atomic mass is 10.0. The number of fused-ring (bicyclic) bond motifs is 1. The molecule has 0 spiro atoms. The van der Waals surface area contributed by atoms with Gasteiger partial charge in [0.1, 0.15) is 0 Å². The van der Waals surface area contributed by atoms with Gasteiger partial charge in [-0.3, -0.25) is 19.1 Å². The van der Waals surface area contributed by atoms with Gasteiger partial charge in [0.2, 0.25) is 5.91 Å². The average Bonchev–Trinajstić information content (AvgIpc) is 3.20. The molecule has 2 aliphatic rings. The molecule has 0 aliphatic carbocycles. The molecule has 0 aromatic carbocycles. The second kappa shape index (κ2) is 4.95. The minimum absolute atomic E-state index is 0.122. The van der Waals surface area contributed by atoms with E-state index in [0.29, 0.717) is 5.92 Å². The standard InChI is InChI=1S/C15H20N6O/c1-18-5-11(3-16-18)6-20-7-12-8-21(15(22)14(12)10-20)13-4-17-19(2)9-13/h3-5,9,12,14H,6-8,10H2,1-2H3/t12-,14-/m0/s1. The summed E-state index contributed by atoms with van der Waals surface area (Å²) in [6.45, 7) is 3.50. The maximum Gasteiger partial charge on any atom is 0.231 e. The van der Waals surface area contributed by atoms with Gasteiger partial charge in [-0.1, -0.05) is 0 Å². The molecule has 2 atom stereocenters. The van der Waals surface area contributed by atoms with Crippen LogP contribution in [0.3, 0.4) is 0 Å². The molecule has 7 heteroatoms. The molecule has 4 heterocycles. The van der Waals surface area contributed by atoms with Crippen molar-refractivity contribution in [3.05, 3.63) is 30.4 Å². The number of hydrogen-bond acceptors (Lipinski definition) is 4. The molecule has 116 valence electrons. The van der Waals surface area contributed by atoms with E-state index in [2.05, 4.69) is 15.1 Å². The second-order valence-corrected chi connectivity index (χ2v) is 6.40. The SMILES string of the molecule is Cn1cc(CN2C[C@H]3CN(c4cnn(C)c4)C(=O)[C@H]3C2)cn1. The summed E-state index contributed by atoms with van der Waals surface area (Å²) in [5.41, 5.74) is 2.12. The van der Waals surface area contributed by atoms with Crippen molar-refractivity contribution in [2.45, 2.75) is 6.54 Å². The fourth-order valence-electron chi connectivity index (χ4n) is 3.67. The lowest BCUT2D eigenvalue weighted by Gasteiger charge is -2.20. The Morgan fingerprint density at radius 2 is 1.86 bits per heavy atom. The van der Waals surface area contributed by atoms with Gasteiger partial charge in [-0.15, -0.1) is 0 Å². The van der Waals surface area contributed by atoms with Crippen molar-refractivity contribution in [3.63, 3.8) is 0 Å². The Balaban J connectivity index is 1.43. The van der Waals surface area contributed by atoms with Crippen LogP contribution in [0.4, 0.5) is 5.69 Å². The van der Waals surface area contributed by atoms with Gasteiger partial charge in [-0.25, -0.2) is 0 Å². The van der Waals surface area contributed by atoms with Crippen molar-refractivity contribution < 1.29 is 4.79 Å². The van der Waals surface area contributed by atoms with Gasteiger partial charge in [-0.2, -0.15) is 10.2 Å². The highest BCUT2D eigenvalue weighted by molar-refractivity contribution is 5.97. The average molecular weight is 300 g/mol. The molecule has 0 saturated carbocycles. The van der Waals surface area contributed by atoms with Crippen molar-refractivity contribution in [2.24, 2.45) is 25.9 Å². The summed E-state index contributed by atoms with van der Waals surface area (Å²) >= 11 is 0. The number of amides is 1. The Hall–Kier alpha value is -2.15. The van der Waals surface area contributed by atoms with Crippen LogP contribution in [0.15, 0.2) is 24.8 Å². The molecule has 4 rings (SSSR count). The summed E-state index contributed by atoms with van der Waals surface area (Å²) in [5, 5.41) is 8.37. The zero-order valence-corrected chi connectivity index (χ0v) is 12.9. The van der Waals surface area contributed by atoms with Gasteiger partial charge in [0, 0.05) is 64.1 Å². The van der Waals surface area contributed by atoms with Gasteiger partial charge in [0.25, 0.3) is 0 Å². The predicted molar refractivity (Wildman–Crippen MR) is 81.0 cm³/mol. The van der Waals surface area contributed by atoms with Crippen LogP contribution in [0.1, 0.15) is 5.56 Å². The normalized spacial score (nSPS) is 25.2. The van der Waals surface area contributed by atoms with Crippen molar-refractivity contribution in [1.29, 1.82) is 0 Å². The first-order valence-corrected chi connectivity index (χ1v) is 7.60. The minimum Gasteiger partial charge on any atom is -0.309 e. The zero-order chi connectivity index (χ0) is 15.3. The summed E-state index contributed by atoms with van der Waals surface area (Å²) in [6.07, 6.45) is 7.62. The molecule has 2 aromatic rings. The van der Waals surface area contributed by atoms with Gasteiger partial charge in [0.15, 0.2) is 0 Å². The highest BCUT2D eigenvalue weighted by Crippen LogP contribution is 2.35. The van der Waals surface area contributed by atoms with Crippen molar-refractivity contribution >= 4 is 11.6 Å². The minimum atomic E-state index is 0.122. The lowest BCUT2D eigenvalue weighted by molar-refractivity contribution is -0.120. The fourth-order valence-corrected chi connectivity index (χ4v) is 3.67.